The van der Waals surface area contributed by atoms with Crippen LogP contribution >= 0.6 is 23.4 Å². The molecular weight excluding hydrogens is 202 g/mol. The molecule has 1 N–H and O–H groups in total. The van der Waals surface area contributed by atoms with Gasteiger partial charge in [0.15, 0.2) is 0 Å². The van der Waals surface area contributed by atoms with Crippen LogP contribution in [0.25, 0.3) is 0 Å². The van der Waals surface area contributed by atoms with Gasteiger partial charge in [-0.3, -0.25) is 0 Å². The molecule has 1 atom stereocenters. The maximum Gasteiger partial charge on any atom is 0.0637 e. The molecule has 1 nitrogen and oxygen atoms in total. The highest BCUT2D eigenvalue weighted by atomic mass is 35.5. The van der Waals surface area contributed by atoms with E-state index >= 15 is 0 Å². The normalized spacial score (nSPS) is 21.8. The lowest BCUT2D eigenvalue weighted by molar-refractivity contribution is 0.813. The summed E-state index contributed by atoms with van der Waals surface area (Å²) in [5, 5.41) is 4.28. The van der Waals surface area contributed by atoms with Crippen molar-refractivity contribution < 1.29 is 0 Å². The lowest BCUT2D eigenvalue weighted by atomic mass is 10.2. The van der Waals surface area contributed by atoms with Gasteiger partial charge in [0.05, 0.1) is 10.7 Å². The van der Waals surface area contributed by atoms with Gasteiger partial charge in [-0.2, -0.15) is 11.8 Å². The van der Waals surface area contributed by atoms with Crippen molar-refractivity contribution in [1.29, 1.82) is 0 Å². The summed E-state index contributed by atoms with van der Waals surface area (Å²) in [6, 6.07) is 8.52. The molecule has 1 heterocycles. The maximum absolute atomic E-state index is 6.03. The molecule has 2 rings (SSSR count). The fourth-order valence-electron chi connectivity index (χ4n) is 1.45. The van der Waals surface area contributed by atoms with Gasteiger partial charge in [0.1, 0.15) is 0 Å². The minimum absolute atomic E-state index is 0.602. The number of halogens is 1. The third-order valence-corrected chi connectivity index (χ3v) is 3.66. The van der Waals surface area contributed by atoms with Crippen LogP contribution in [0, 0.1) is 0 Å². The summed E-state index contributed by atoms with van der Waals surface area (Å²) in [6.07, 6.45) is 1.25. The second-order valence-corrected chi connectivity index (χ2v) is 4.74. The SMILES string of the molecule is Clc1ccccc1N[C@H]1CCSC1. The molecule has 0 saturated carbocycles. The average molecular weight is 214 g/mol. The topological polar surface area (TPSA) is 12.0 Å². The third-order valence-electron chi connectivity index (χ3n) is 2.16. The molecule has 0 amide bonds. The zero-order valence-electron chi connectivity index (χ0n) is 7.29. The quantitative estimate of drug-likeness (QED) is 0.810. The minimum atomic E-state index is 0.602. The van der Waals surface area contributed by atoms with E-state index in [1.54, 1.807) is 0 Å². The Morgan fingerprint density at radius 1 is 1.38 bits per heavy atom. The molecular formula is C10H12ClNS. The number of hydrogen-bond acceptors (Lipinski definition) is 2. The highest BCUT2D eigenvalue weighted by Crippen LogP contribution is 2.25. The molecule has 1 aromatic rings. The van der Waals surface area contributed by atoms with Gasteiger partial charge >= 0.3 is 0 Å². The predicted molar refractivity (Wildman–Crippen MR) is 60.8 cm³/mol. The van der Waals surface area contributed by atoms with Crippen LogP contribution in [-0.4, -0.2) is 17.5 Å². The van der Waals surface area contributed by atoms with E-state index in [1.165, 1.54) is 17.9 Å². The van der Waals surface area contributed by atoms with Gasteiger partial charge in [-0.1, -0.05) is 23.7 Å². The molecule has 1 aliphatic rings. The van der Waals surface area contributed by atoms with E-state index in [1.807, 2.05) is 36.0 Å². The standard InChI is InChI=1S/C10H12ClNS/c11-9-3-1-2-4-10(9)12-8-5-6-13-7-8/h1-4,8,12H,5-7H2/t8-/m0/s1. The minimum Gasteiger partial charge on any atom is -0.380 e. The molecule has 3 heteroatoms. The molecule has 0 unspecified atom stereocenters. The van der Waals surface area contributed by atoms with Gasteiger partial charge in [-0.25, -0.2) is 0 Å². The molecule has 1 fully saturated rings. The molecule has 1 aromatic carbocycles. The smallest absolute Gasteiger partial charge is 0.0637 e. The second kappa shape index (κ2) is 4.25. The summed E-state index contributed by atoms with van der Waals surface area (Å²) in [6.45, 7) is 0. The van der Waals surface area contributed by atoms with Crippen LogP contribution in [0.4, 0.5) is 5.69 Å². The third kappa shape index (κ3) is 2.32. The van der Waals surface area contributed by atoms with Gasteiger partial charge in [0.25, 0.3) is 0 Å². The van der Waals surface area contributed by atoms with E-state index in [9.17, 15) is 0 Å². The summed E-state index contributed by atoms with van der Waals surface area (Å²) < 4.78 is 0. The summed E-state index contributed by atoms with van der Waals surface area (Å²) in [7, 11) is 0. The van der Waals surface area contributed by atoms with Crippen LogP contribution in [0.3, 0.4) is 0 Å². The second-order valence-electron chi connectivity index (χ2n) is 3.18. The number of nitrogens with one attached hydrogen (secondary N) is 1. The van der Waals surface area contributed by atoms with Crippen LogP contribution < -0.4 is 5.32 Å². The number of para-hydroxylation sites is 1. The summed E-state index contributed by atoms with van der Waals surface area (Å²) in [4.78, 5) is 0. The lowest BCUT2D eigenvalue weighted by Crippen LogP contribution is -2.18. The van der Waals surface area contributed by atoms with Crippen molar-refractivity contribution >= 4 is 29.1 Å². The molecule has 0 spiro atoms. The highest BCUT2D eigenvalue weighted by Gasteiger charge is 2.15. The number of anilines is 1. The number of rotatable bonds is 2. The van der Waals surface area contributed by atoms with Gasteiger partial charge in [0, 0.05) is 11.8 Å². The Balaban J connectivity index is 2.04. The van der Waals surface area contributed by atoms with E-state index in [0.29, 0.717) is 6.04 Å². The van der Waals surface area contributed by atoms with Gasteiger partial charge in [0.2, 0.25) is 0 Å². The molecule has 0 radical (unpaired) electrons. The summed E-state index contributed by atoms with van der Waals surface area (Å²) in [5.74, 6) is 2.47. The highest BCUT2D eigenvalue weighted by molar-refractivity contribution is 7.99. The number of benzene rings is 1. The van der Waals surface area contributed by atoms with Crippen molar-refractivity contribution in [2.24, 2.45) is 0 Å². The van der Waals surface area contributed by atoms with E-state index in [4.69, 9.17) is 11.6 Å². The number of thioether (sulfide) groups is 1. The summed E-state index contributed by atoms with van der Waals surface area (Å²) >= 11 is 8.04. The van der Waals surface area contributed by atoms with Gasteiger partial charge in [-0.05, 0) is 24.3 Å². The molecule has 0 aromatic heterocycles. The van der Waals surface area contributed by atoms with E-state index in [2.05, 4.69) is 5.32 Å². The maximum atomic E-state index is 6.03. The van der Waals surface area contributed by atoms with Crippen LogP contribution in [0.2, 0.25) is 5.02 Å². The molecule has 1 aliphatic heterocycles. The van der Waals surface area contributed by atoms with Crippen molar-refractivity contribution in [1.82, 2.24) is 0 Å². The van der Waals surface area contributed by atoms with Crippen molar-refractivity contribution in [2.45, 2.75) is 12.5 Å². The Morgan fingerprint density at radius 2 is 2.23 bits per heavy atom. The fourth-order valence-corrected chi connectivity index (χ4v) is 2.79. The van der Waals surface area contributed by atoms with Crippen molar-refractivity contribution in [3.05, 3.63) is 29.3 Å². The zero-order chi connectivity index (χ0) is 9.10. The predicted octanol–water partition coefficient (Wildman–Crippen LogP) is 3.26. The monoisotopic (exact) mass is 213 g/mol. The van der Waals surface area contributed by atoms with E-state index in [-0.39, 0.29) is 0 Å². The van der Waals surface area contributed by atoms with E-state index < -0.39 is 0 Å². The Bertz CT molecular complexity index is 284. The fraction of sp³-hybridized carbons (Fsp3) is 0.400. The van der Waals surface area contributed by atoms with Crippen LogP contribution in [-0.2, 0) is 0 Å². The van der Waals surface area contributed by atoms with Crippen LogP contribution in [0.5, 0.6) is 0 Å². The van der Waals surface area contributed by atoms with Gasteiger partial charge < -0.3 is 5.32 Å². The largest absolute Gasteiger partial charge is 0.380 e. The van der Waals surface area contributed by atoms with Gasteiger partial charge in [-0.15, -0.1) is 0 Å². The Labute approximate surface area is 87.9 Å². The molecule has 1 saturated heterocycles. The molecule has 13 heavy (non-hydrogen) atoms. The first-order valence-electron chi connectivity index (χ1n) is 4.45. The van der Waals surface area contributed by atoms with Crippen molar-refractivity contribution in [2.75, 3.05) is 16.8 Å². The van der Waals surface area contributed by atoms with Crippen LogP contribution in [0.1, 0.15) is 6.42 Å². The molecule has 0 bridgehead atoms. The molecule has 70 valence electrons. The van der Waals surface area contributed by atoms with Crippen molar-refractivity contribution in [3.63, 3.8) is 0 Å². The van der Waals surface area contributed by atoms with E-state index in [0.717, 1.165) is 10.7 Å². The Hall–Kier alpha value is -0.340. The first-order chi connectivity index (χ1) is 6.36. The Morgan fingerprint density at radius 3 is 2.92 bits per heavy atom. The first kappa shape index (κ1) is 9.22. The van der Waals surface area contributed by atoms with Crippen molar-refractivity contribution in [3.8, 4) is 0 Å². The first-order valence-corrected chi connectivity index (χ1v) is 5.98. The average Bonchev–Trinajstić information content (AvgIpc) is 2.61. The zero-order valence-corrected chi connectivity index (χ0v) is 8.87. The lowest BCUT2D eigenvalue weighted by Gasteiger charge is -2.13. The molecule has 0 aliphatic carbocycles. The Kier molecular flexibility index (Phi) is 3.01. The number of hydrogen-bond donors (Lipinski definition) is 1. The van der Waals surface area contributed by atoms with Crippen LogP contribution in [0.15, 0.2) is 24.3 Å². The summed E-state index contributed by atoms with van der Waals surface area (Å²) in [5.41, 5.74) is 1.07.